The molecule has 0 radical (unpaired) electrons. The van der Waals surface area contributed by atoms with E-state index in [0.717, 1.165) is 18.5 Å². The molecular weight excluding hydrogens is 372 g/mol. The lowest BCUT2D eigenvalue weighted by Gasteiger charge is -2.12. The number of ketones is 1. The second kappa shape index (κ2) is 11.2. The Balaban J connectivity index is 2.13. The van der Waals surface area contributed by atoms with Gasteiger partial charge in [0.2, 0.25) is 0 Å². The molecule has 2 aromatic rings. The highest BCUT2D eigenvalue weighted by atomic mass is 35.5. The van der Waals surface area contributed by atoms with E-state index in [1.54, 1.807) is 24.3 Å². The lowest BCUT2D eigenvalue weighted by atomic mass is 9.95. The van der Waals surface area contributed by atoms with Crippen molar-refractivity contribution in [2.75, 3.05) is 20.0 Å². The second-order valence-electron chi connectivity index (χ2n) is 6.63. The third kappa shape index (κ3) is 5.88. The molecule has 1 N–H and O–H groups in total. The summed E-state index contributed by atoms with van der Waals surface area (Å²) in [5.41, 5.74) is 1.92. The summed E-state index contributed by atoms with van der Waals surface area (Å²) in [5, 5.41) is 9.71. The Morgan fingerprint density at radius 1 is 1.26 bits per heavy atom. The Labute approximate surface area is 163 Å². The van der Waals surface area contributed by atoms with E-state index in [9.17, 15) is 18.7 Å². The topological polar surface area (TPSA) is 41.7 Å². The van der Waals surface area contributed by atoms with Gasteiger partial charge in [-0.2, -0.15) is 0 Å². The molecule has 27 heavy (non-hydrogen) atoms. The van der Waals surface area contributed by atoms with Crippen molar-refractivity contribution in [3.8, 4) is 0 Å². The summed E-state index contributed by atoms with van der Waals surface area (Å²) in [4.78, 5) is 12.7. The fraction of sp³-hybridized carbons (Fsp3) is 0.476. The van der Waals surface area contributed by atoms with Gasteiger partial charge in [-0.1, -0.05) is 24.1 Å². The zero-order valence-electron chi connectivity index (χ0n) is 15.3. The minimum absolute atomic E-state index is 0.0219. The zero-order chi connectivity index (χ0) is 19.6. The maximum absolute atomic E-state index is 12.7. The molecule has 1 atom stereocenters. The minimum Gasteiger partial charge on any atom is -0.396 e. The number of carbonyl (C=O) groups excluding carboxylic acids is 1. The number of hydrogen-bond acceptors (Lipinski definition) is 2. The Hall–Kier alpha value is -1.72. The summed E-state index contributed by atoms with van der Waals surface area (Å²) >= 11 is 6.28. The predicted molar refractivity (Wildman–Crippen MR) is 105 cm³/mol. The molecule has 0 aliphatic rings. The van der Waals surface area contributed by atoms with E-state index in [2.05, 4.69) is 0 Å². The third-order valence-corrected chi connectivity index (χ3v) is 5.01. The van der Waals surface area contributed by atoms with Crippen LogP contribution in [0.3, 0.4) is 0 Å². The molecule has 148 valence electrons. The van der Waals surface area contributed by atoms with Gasteiger partial charge in [0.05, 0.1) is 23.9 Å². The van der Waals surface area contributed by atoms with Crippen LogP contribution in [0.1, 0.15) is 48.2 Å². The maximum Gasteiger partial charge on any atom is 0.187 e. The lowest BCUT2D eigenvalue weighted by Crippen LogP contribution is -2.02. The highest BCUT2D eigenvalue weighted by Crippen LogP contribution is 2.26. The van der Waals surface area contributed by atoms with Crippen molar-refractivity contribution < 1.29 is 18.7 Å². The van der Waals surface area contributed by atoms with Crippen molar-refractivity contribution in [1.82, 2.24) is 4.40 Å². The fourth-order valence-electron chi connectivity index (χ4n) is 3.30. The van der Waals surface area contributed by atoms with Crippen LogP contribution in [0, 0.1) is 5.92 Å². The van der Waals surface area contributed by atoms with Crippen LogP contribution in [0.4, 0.5) is 8.78 Å². The van der Waals surface area contributed by atoms with Crippen LogP contribution in [0.15, 0.2) is 36.5 Å². The predicted octanol–water partition coefficient (Wildman–Crippen LogP) is 5.37. The first-order chi connectivity index (χ1) is 13.1. The molecule has 0 aromatic carbocycles. The highest BCUT2D eigenvalue weighted by molar-refractivity contribution is 6.35. The van der Waals surface area contributed by atoms with Crippen molar-refractivity contribution >= 4 is 22.9 Å². The van der Waals surface area contributed by atoms with E-state index in [-0.39, 0.29) is 25.0 Å². The van der Waals surface area contributed by atoms with Crippen molar-refractivity contribution in [3.63, 3.8) is 0 Å². The quantitative estimate of drug-likeness (QED) is 0.297. The van der Waals surface area contributed by atoms with Gasteiger partial charge in [-0.3, -0.25) is 13.6 Å². The van der Waals surface area contributed by atoms with E-state index in [0.29, 0.717) is 41.8 Å². The standard InChI is InChI=1S/C21H26ClF2NO2/c22-19-7-4-13-25-17(10-14-26)15-18(21(19)25)20(27)8-3-6-16(9-12-24)5-1-2-11-23/h3-4,7-8,13,15-16,26H,1-2,5-6,9-12,14H2/b8-3+. The zero-order valence-corrected chi connectivity index (χ0v) is 16.1. The molecule has 0 saturated heterocycles. The number of alkyl halides is 2. The number of aliphatic hydroxyl groups excluding tert-OH is 1. The number of hydrogen-bond donors (Lipinski definition) is 1. The van der Waals surface area contributed by atoms with Crippen LogP contribution in [-0.4, -0.2) is 35.2 Å². The first-order valence-corrected chi connectivity index (χ1v) is 9.72. The van der Waals surface area contributed by atoms with Gasteiger partial charge in [-0.15, -0.1) is 0 Å². The SMILES string of the molecule is O=C(/C=C/CC(CCF)CCCCF)c1cc(CCO)n2cccc(Cl)c12. The fourth-order valence-corrected chi connectivity index (χ4v) is 3.56. The number of carbonyl (C=O) groups is 1. The molecule has 0 saturated carbocycles. The summed E-state index contributed by atoms with van der Waals surface area (Å²) in [6.07, 6.45) is 8.50. The monoisotopic (exact) mass is 397 g/mol. The number of fused-ring (bicyclic) bond motifs is 1. The highest BCUT2D eigenvalue weighted by Gasteiger charge is 2.16. The van der Waals surface area contributed by atoms with Crippen LogP contribution >= 0.6 is 11.6 Å². The maximum atomic E-state index is 12.7. The molecular formula is C21H26ClF2NO2. The molecule has 3 nitrogen and oxygen atoms in total. The van der Waals surface area contributed by atoms with Crippen molar-refractivity contribution in [1.29, 1.82) is 0 Å². The number of unbranched alkanes of at least 4 members (excludes halogenated alkanes) is 1. The summed E-state index contributed by atoms with van der Waals surface area (Å²) in [5.74, 6) is -0.0579. The Bertz CT molecular complexity index is 773. The molecule has 2 heterocycles. The van der Waals surface area contributed by atoms with Gasteiger partial charge >= 0.3 is 0 Å². The first-order valence-electron chi connectivity index (χ1n) is 9.34. The van der Waals surface area contributed by atoms with Gasteiger partial charge in [0.25, 0.3) is 0 Å². The van der Waals surface area contributed by atoms with Crippen LogP contribution in [0.2, 0.25) is 5.02 Å². The van der Waals surface area contributed by atoms with E-state index in [4.69, 9.17) is 11.6 Å². The average Bonchev–Trinajstić information content (AvgIpc) is 3.02. The normalized spacial score (nSPS) is 12.9. The Morgan fingerprint density at radius 2 is 2.07 bits per heavy atom. The third-order valence-electron chi connectivity index (χ3n) is 4.71. The van der Waals surface area contributed by atoms with E-state index >= 15 is 0 Å². The molecule has 0 bridgehead atoms. The summed E-state index contributed by atoms with van der Waals surface area (Å²) in [6.45, 7) is -0.784. The van der Waals surface area contributed by atoms with Crippen molar-refractivity contribution in [2.24, 2.45) is 5.92 Å². The van der Waals surface area contributed by atoms with E-state index in [1.165, 1.54) is 6.08 Å². The summed E-state index contributed by atoms with van der Waals surface area (Å²) in [6, 6.07) is 5.27. The minimum atomic E-state index is -0.410. The Morgan fingerprint density at radius 3 is 2.78 bits per heavy atom. The van der Waals surface area contributed by atoms with Gasteiger partial charge in [0.15, 0.2) is 5.78 Å². The summed E-state index contributed by atoms with van der Waals surface area (Å²) in [7, 11) is 0. The molecule has 1 unspecified atom stereocenters. The molecule has 2 aromatic heterocycles. The Kier molecular flexibility index (Phi) is 8.95. The smallest absolute Gasteiger partial charge is 0.187 e. The van der Waals surface area contributed by atoms with Crippen molar-refractivity contribution in [3.05, 3.63) is 52.8 Å². The van der Waals surface area contributed by atoms with E-state index in [1.807, 2.05) is 10.6 Å². The van der Waals surface area contributed by atoms with Crippen molar-refractivity contribution in [2.45, 2.75) is 38.5 Å². The van der Waals surface area contributed by atoms with Gasteiger partial charge < -0.3 is 9.51 Å². The lowest BCUT2D eigenvalue weighted by molar-refractivity contribution is 0.104. The number of rotatable bonds is 12. The molecule has 0 amide bonds. The first kappa shape index (κ1) is 21.6. The number of pyridine rings is 1. The second-order valence-corrected chi connectivity index (χ2v) is 7.04. The van der Waals surface area contributed by atoms with Crippen LogP contribution in [0.25, 0.3) is 5.52 Å². The van der Waals surface area contributed by atoms with E-state index < -0.39 is 6.67 Å². The van der Waals surface area contributed by atoms with Gasteiger partial charge in [-0.25, -0.2) is 0 Å². The summed E-state index contributed by atoms with van der Waals surface area (Å²) < 4.78 is 26.7. The van der Waals surface area contributed by atoms with Gasteiger partial charge in [-0.05, 0) is 55.9 Å². The number of aliphatic hydroxyl groups is 1. The molecule has 0 spiro atoms. The molecule has 6 heteroatoms. The van der Waals surface area contributed by atoms with Crippen LogP contribution < -0.4 is 0 Å². The number of aromatic nitrogens is 1. The largest absolute Gasteiger partial charge is 0.396 e. The van der Waals surface area contributed by atoms with Crippen LogP contribution in [0.5, 0.6) is 0 Å². The molecule has 0 aliphatic carbocycles. The molecule has 0 fully saturated rings. The van der Waals surface area contributed by atoms with Gasteiger partial charge in [0.1, 0.15) is 0 Å². The van der Waals surface area contributed by atoms with Gasteiger partial charge in [0, 0.05) is 30.5 Å². The molecule has 2 rings (SSSR count). The number of nitrogens with zero attached hydrogens (tertiary/aromatic N) is 1. The number of allylic oxidation sites excluding steroid dienone is 2. The number of halogens is 3. The van der Waals surface area contributed by atoms with Crippen LogP contribution in [-0.2, 0) is 6.42 Å². The average molecular weight is 398 g/mol. The molecule has 0 aliphatic heterocycles.